The van der Waals surface area contributed by atoms with Gasteiger partial charge in [-0.25, -0.2) is 19.7 Å². The predicted molar refractivity (Wildman–Crippen MR) is 189 cm³/mol. The summed E-state index contributed by atoms with van der Waals surface area (Å²) in [5.41, 5.74) is 3.39. The van der Waals surface area contributed by atoms with Gasteiger partial charge in [-0.3, -0.25) is 13.9 Å². The number of benzene rings is 2. The van der Waals surface area contributed by atoms with E-state index in [1.165, 1.54) is 14.1 Å². The number of aliphatic hydroxyl groups is 1. The summed E-state index contributed by atoms with van der Waals surface area (Å²) in [6, 6.07) is 12.5. The molecule has 272 valence electrons. The number of ether oxygens (including phenoxy) is 2. The van der Waals surface area contributed by atoms with Crippen LogP contribution in [-0.4, -0.2) is 61.7 Å². The van der Waals surface area contributed by atoms with Crippen molar-refractivity contribution in [3.63, 3.8) is 0 Å². The number of aliphatic hydroxyl groups excluding tert-OH is 1. The molecule has 3 atom stereocenters. The van der Waals surface area contributed by atoms with Gasteiger partial charge in [-0.15, -0.1) is 0 Å². The van der Waals surface area contributed by atoms with Gasteiger partial charge in [0, 0.05) is 55.2 Å². The second-order valence-corrected chi connectivity index (χ2v) is 13.3. The van der Waals surface area contributed by atoms with Crippen LogP contribution in [0.5, 0.6) is 5.88 Å². The van der Waals surface area contributed by atoms with Crippen molar-refractivity contribution in [3.05, 3.63) is 90.8 Å². The van der Waals surface area contributed by atoms with Crippen LogP contribution in [0.2, 0.25) is 5.02 Å². The molecule has 12 nitrogen and oxygen atoms in total. The molecule has 1 saturated heterocycles. The highest BCUT2D eigenvalue weighted by atomic mass is 35.5. The SMILES string of the molecule is COc1nc(-c2cccc(-c3cccc(Nc4nc(C(F)(F)F)nc5c4c(=O)n(C)c(=O)n5C)c3C)c2Cl)cc2c1[C@@H](N[C@H]1CCOC[C@H]1O)CC2. The maximum Gasteiger partial charge on any atom is 0.451 e. The van der Waals surface area contributed by atoms with Crippen LogP contribution in [0, 0.1) is 6.92 Å². The van der Waals surface area contributed by atoms with Gasteiger partial charge in [0.25, 0.3) is 5.56 Å². The lowest BCUT2D eigenvalue weighted by Gasteiger charge is -2.31. The molecule has 0 radical (unpaired) electrons. The van der Waals surface area contributed by atoms with Crippen LogP contribution in [-0.2, 0) is 31.4 Å². The molecule has 0 saturated carbocycles. The van der Waals surface area contributed by atoms with Crippen molar-refractivity contribution in [2.45, 2.75) is 50.6 Å². The Bertz CT molecular complexity index is 2350. The summed E-state index contributed by atoms with van der Waals surface area (Å²) < 4.78 is 54.6. The normalized spacial score (nSPS) is 18.8. The summed E-state index contributed by atoms with van der Waals surface area (Å²) in [6.07, 6.45) is -3.28. The minimum atomic E-state index is -4.95. The summed E-state index contributed by atoms with van der Waals surface area (Å²) in [5.74, 6) is -1.44. The lowest BCUT2D eigenvalue weighted by Crippen LogP contribution is -2.47. The van der Waals surface area contributed by atoms with Crippen molar-refractivity contribution < 1.29 is 27.8 Å². The van der Waals surface area contributed by atoms with Crippen LogP contribution in [0.3, 0.4) is 0 Å². The zero-order chi connectivity index (χ0) is 37.1. The number of rotatable bonds is 7. The molecule has 0 bridgehead atoms. The minimum absolute atomic E-state index is 0.0479. The number of hydrogen-bond donors (Lipinski definition) is 3. The largest absolute Gasteiger partial charge is 0.481 e. The van der Waals surface area contributed by atoms with E-state index in [0.717, 1.165) is 33.1 Å². The van der Waals surface area contributed by atoms with E-state index in [-0.39, 0.29) is 24.1 Å². The van der Waals surface area contributed by atoms with Gasteiger partial charge in [0.05, 0.1) is 30.5 Å². The van der Waals surface area contributed by atoms with E-state index in [1.54, 1.807) is 26.2 Å². The Balaban J connectivity index is 1.27. The molecule has 1 aliphatic heterocycles. The Labute approximate surface area is 300 Å². The Morgan fingerprint density at radius 2 is 1.75 bits per heavy atom. The Hall–Kier alpha value is -4.83. The van der Waals surface area contributed by atoms with Gasteiger partial charge >= 0.3 is 11.9 Å². The fraction of sp³-hybridized carbons (Fsp3) is 0.361. The van der Waals surface area contributed by atoms with Gasteiger partial charge in [-0.2, -0.15) is 13.2 Å². The number of nitrogens with zero attached hydrogens (tertiary/aromatic N) is 5. The molecule has 16 heteroatoms. The molecule has 2 aliphatic rings. The summed E-state index contributed by atoms with van der Waals surface area (Å²) in [5, 5.41) is 17.1. The van der Waals surface area contributed by atoms with E-state index in [9.17, 15) is 27.9 Å². The molecule has 0 amide bonds. The van der Waals surface area contributed by atoms with Crippen molar-refractivity contribution in [3.8, 4) is 28.3 Å². The molecular weight excluding hydrogens is 703 g/mol. The maximum atomic E-state index is 13.9. The summed E-state index contributed by atoms with van der Waals surface area (Å²) in [6.45, 7) is 2.63. The fourth-order valence-electron chi connectivity index (χ4n) is 7.05. The van der Waals surface area contributed by atoms with Gasteiger partial charge in [0.2, 0.25) is 11.7 Å². The van der Waals surface area contributed by atoms with Crippen LogP contribution in [0.1, 0.15) is 41.4 Å². The third-order valence-electron chi connectivity index (χ3n) is 9.80. The Kier molecular flexibility index (Phi) is 9.31. The number of halogens is 4. The second kappa shape index (κ2) is 13.6. The third-order valence-corrected chi connectivity index (χ3v) is 10.2. The average Bonchev–Trinajstić information content (AvgIpc) is 3.53. The quantitative estimate of drug-likeness (QED) is 0.204. The molecule has 52 heavy (non-hydrogen) atoms. The van der Waals surface area contributed by atoms with Crippen LogP contribution in [0.4, 0.5) is 24.7 Å². The number of alkyl halides is 3. The summed E-state index contributed by atoms with van der Waals surface area (Å²) in [4.78, 5) is 37.9. The number of methoxy groups -OCH3 is 1. The van der Waals surface area contributed by atoms with Crippen molar-refractivity contribution in [2.24, 2.45) is 14.1 Å². The molecule has 3 aromatic heterocycles. The number of anilines is 2. The van der Waals surface area contributed by atoms with E-state index in [1.807, 2.05) is 30.3 Å². The molecule has 3 N–H and O–H groups in total. The maximum absolute atomic E-state index is 13.9. The molecule has 1 aliphatic carbocycles. The van der Waals surface area contributed by atoms with E-state index in [4.69, 9.17) is 26.1 Å². The minimum Gasteiger partial charge on any atom is -0.481 e. The fourth-order valence-corrected chi connectivity index (χ4v) is 7.37. The van der Waals surface area contributed by atoms with Crippen LogP contribution < -0.4 is 26.6 Å². The molecule has 5 aromatic rings. The van der Waals surface area contributed by atoms with E-state index in [0.29, 0.717) is 57.6 Å². The highest BCUT2D eigenvalue weighted by molar-refractivity contribution is 6.36. The lowest BCUT2D eigenvalue weighted by atomic mass is 9.96. The highest BCUT2D eigenvalue weighted by Gasteiger charge is 2.37. The molecular formula is C36H35ClF3N7O5. The predicted octanol–water partition coefficient (Wildman–Crippen LogP) is 5.22. The molecule has 4 heterocycles. The number of aryl methyl sites for hydroxylation is 2. The van der Waals surface area contributed by atoms with Crippen molar-refractivity contribution in [1.82, 2.24) is 29.4 Å². The van der Waals surface area contributed by atoms with Gasteiger partial charge in [0.1, 0.15) is 11.2 Å². The van der Waals surface area contributed by atoms with E-state index < -0.39 is 40.8 Å². The molecule has 7 rings (SSSR count). The number of aromatic nitrogens is 5. The summed E-state index contributed by atoms with van der Waals surface area (Å²) in [7, 11) is 4.03. The lowest BCUT2D eigenvalue weighted by molar-refractivity contribution is -0.144. The van der Waals surface area contributed by atoms with Gasteiger partial charge < -0.3 is 25.2 Å². The first-order valence-electron chi connectivity index (χ1n) is 16.6. The molecule has 2 aromatic carbocycles. The zero-order valence-corrected chi connectivity index (χ0v) is 29.4. The van der Waals surface area contributed by atoms with Crippen molar-refractivity contribution >= 4 is 34.1 Å². The van der Waals surface area contributed by atoms with E-state index in [2.05, 4.69) is 20.6 Å². The first-order chi connectivity index (χ1) is 24.8. The first kappa shape index (κ1) is 35.6. The molecule has 1 fully saturated rings. The number of fused-ring (bicyclic) bond motifs is 2. The van der Waals surface area contributed by atoms with E-state index >= 15 is 0 Å². The zero-order valence-electron chi connectivity index (χ0n) is 28.6. The number of nitrogens with one attached hydrogen (secondary N) is 2. The molecule has 0 spiro atoms. The second-order valence-electron chi connectivity index (χ2n) is 13.0. The van der Waals surface area contributed by atoms with Gasteiger partial charge in [0.15, 0.2) is 5.65 Å². The van der Waals surface area contributed by atoms with Crippen LogP contribution in [0.25, 0.3) is 33.4 Å². The average molecular weight is 738 g/mol. The highest BCUT2D eigenvalue weighted by Crippen LogP contribution is 2.43. The first-order valence-corrected chi connectivity index (χ1v) is 17.0. The number of hydrogen-bond acceptors (Lipinski definition) is 10. The molecule has 0 unspecified atom stereocenters. The van der Waals surface area contributed by atoms with Crippen molar-refractivity contribution in [2.75, 3.05) is 25.6 Å². The third kappa shape index (κ3) is 6.21. The standard InChI is InChI=1S/C36H35ClF3N7O5/c1-17-19(7-6-10-22(17)42-30-28-31(45-34(44-30)36(38,39)40)46(2)35(50)47(3)33(28)49)20-8-5-9-21(29(20)37)25-15-18-11-12-24(27(18)32(43-25)51-4)41-23-13-14-52-16-26(23)48/h5-10,15,23-24,26,41,48H,11-14,16H2,1-4H3,(H,42,44,45)/t23-,24-,26+/m0/s1. The van der Waals surface area contributed by atoms with Crippen molar-refractivity contribution in [1.29, 1.82) is 0 Å². The monoisotopic (exact) mass is 737 g/mol. The van der Waals surface area contributed by atoms with Gasteiger partial charge in [-0.1, -0.05) is 41.9 Å². The van der Waals surface area contributed by atoms with Gasteiger partial charge in [-0.05, 0) is 55.0 Å². The Morgan fingerprint density at radius 3 is 2.48 bits per heavy atom. The van der Waals surface area contributed by atoms with Crippen LogP contribution in [0.15, 0.2) is 52.1 Å². The Morgan fingerprint density at radius 1 is 1.02 bits per heavy atom. The summed E-state index contributed by atoms with van der Waals surface area (Å²) >= 11 is 7.13. The topological polar surface area (TPSA) is 145 Å². The smallest absolute Gasteiger partial charge is 0.451 e. The van der Waals surface area contributed by atoms with Crippen LogP contribution >= 0.6 is 11.6 Å². The number of pyridine rings is 1.